The van der Waals surface area contributed by atoms with Crippen molar-refractivity contribution < 1.29 is 19.1 Å². The quantitative estimate of drug-likeness (QED) is 0.198. The average Bonchev–Trinajstić information content (AvgIpc) is 2.96. The molecular formula is C36H47N3O4. The second kappa shape index (κ2) is 15.4. The second-order valence-electron chi connectivity index (χ2n) is 12.3. The van der Waals surface area contributed by atoms with Crippen LogP contribution in [0, 0.1) is 5.92 Å². The summed E-state index contributed by atoms with van der Waals surface area (Å²) in [6.07, 6.45) is 4.74. The lowest BCUT2D eigenvalue weighted by molar-refractivity contribution is -0.141. The van der Waals surface area contributed by atoms with Gasteiger partial charge in [0.2, 0.25) is 5.91 Å². The number of carbonyl (C=O) groups is 3. The lowest BCUT2D eigenvalue weighted by Gasteiger charge is -2.35. The van der Waals surface area contributed by atoms with E-state index in [1.165, 1.54) is 0 Å². The Morgan fingerprint density at radius 2 is 1.65 bits per heavy atom. The SMILES string of the molecule is C=Cc1cccc(C(C(=O)Nc2ccc3ccccc3c2)N(CCCCCC)C(=O)C(NC(=O)OC(C)(C)C)C(C)C)c1. The minimum atomic E-state index is -0.942. The van der Waals surface area contributed by atoms with Crippen LogP contribution in [0.2, 0.25) is 0 Å². The summed E-state index contributed by atoms with van der Waals surface area (Å²) in [7, 11) is 0. The third-order valence-electron chi connectivity index (χ3n) is 7.18. The molecule has 0 heterocycles. The maximum absolute atomic E-state index is 14.4. The number of nitrogens with one attached hydrogen (secondary N) is 2. The van der Waals surface area contributed by atoms with Crippen molar-refractivity contribution in [3.63, 3.8) is 0 Å². The van der Waals surface area contributed by atoms with Crippen LogP contribution in [0.25, 0.3) is 16.8 Å². The molecule has 0 spiro atoms. The first-order valence-corrected chi connectivity index (χ1v) is 15.3. The summed E-state index contributed by atoms with van der Waals surface area (Å²) < 4.78 is 5.49. The first kappa shape index (κ1) is 33.4. The fourth-order valence-electron chi connectivity index (χ4n) is 5.01. The van der Waals surface area contributed by atoms with Crippen molar-refractivity contribution in [1.82, 2.24) is 10.2 Å². The van der Waals surface area contributed by atoms with Crippen LogP contribution in [0.4, 0.5) is 10.5 Å². The van der Waals surface area contributed by atoms with Crippen LogP contribution in [-0.4, -0.2) is 41.0 Å². The summed E-state index contributed by atoms with van der Waals surface area (Å²) in [6, 6.07) is 19.4. The number of rotatable bonds is 13. The van der Waals surface area contributed by atoms with Crippen molar-refractivity contribution in [3.8, 4) is 0 Å². The Kier molecular flexibility index (Phi) is 11.9. The maximum atomic E-state index is 14.4. The molecule has 7 heteroatoms. The highest BCUT2D eigenvalue weighted by Gasteiger charge is 2.37. The normalized spacial score (nSPS) is 12.8. The maximum Gasteiger partial charge on any atom is 0.408 e. The number of hydrogen-bond acceptors (Lipinski definition) is 4. The van der Waals surface area contributed by atoms with Crippen molar-refractivity contribution in [1.29, 1.82) is 0 Å². The summed E-state index contributed by atoms with van der Waals surface area (Å²) in [5.41, 5.74) is 1.42. The van der Waals surface area contributed by atoms with Gasteiger partial charge < -0.3 is 20.3 Å². The van der Waals surface area contributed by atoms with E-state index in [9.17, 15) is 14.4 Å². The standard InChI is InChI=1S/C36H47N3O4/c1-8-10-11-14-22-39(34(41)31(25(3)4)38-35(42)43-36(5,6)7)32(29-19-15-16-26(9-2)23-29)33(40)37-30-21-20-27-17-12-13-18-28(27)24-30/h9,12-13,15-21,23-25,31-32H,2,8,10-11,14,22H2,1,3-7H3,(H,37,40)(H,38,42). The van der Waals surface area contributed by atoms with Crippen LogP contribution < -0.4 is 10.6 Å². The number of amides is 3. The van der Waals surface area contributed by atoms with Gasteiger partial charge in [0.15, 0.2) is 0 Å². The number of unbranched alkanes of at least 4 members (excludes halogenated alkanes) is 3. The predicted molar refractivity (Wildman–Crippen MR) is 176 cm³/mol. The van der Waals surface area contributed by atoms with E-state index in [0.29, 0.717) is 17.8 Å². The number of hydrogen-bond donors (Lipinski definition) is 2. The highest BCUT2D eigenvalue weighted by Crippen LogP contribution is 2.28. The number of carbonyl (C=O) groups excluding carboxylic acids is 3. The molecule has 2 unspecified atom stereocenters. The van der Waals surface area contributed by atoms with Gasteiger partial charge in [0, 0.05) is 12.2 Å². The minimum absolute atomic E-state index is 0.248. The molecule has 3 amide bonds. The molecule has 0 bridgehead atoms. The van der Waals surface area contributed by atoms with E-state index < -0.39 is 23.8 Å². The fourth-order valence-corrected chi connectivity index (χ4v) is 5.01. The third-order valence-corrected chi connectivity index (χ3v) is 7.18. The van der Waals surface area contributed by atoms with Crippen LogP contribution in [0.5, 0.6) is 0 Å². The van der Waals surface area contributed by atoms with E-state index in [1.807, 2.05) is 80.6 Å². The molecule has 230 valence electrons. The van der Waals surface area contributed by atoms with E-state index in [4.69, 9.17) is 4.74 Å². The molecule has 3 rings (SSSR count). The second-order valence-corrected chi connectivity index (χ2v) is 12.3. The molecule has 0 aliphatic heterocycles. The number of benzene rings is 3. The van der Waals surface area contributed by atoms with Crippen molar-refractivity contribution >= 4 is 40.4 Å². The van der Waals surface area contributed by atoms with Gasteiger partial charge in [-0.05, 0) is 73.2 Å². The van der Waals surface area contributed by atoms with Crippen molar-refractivity contribution in [2.24, 2.45) is 5.92 Å². The van der Waals surface area contributed by atoms with Gasteiger partial charge in [-0.3, -0.25) is 9.59 Å². The van der Waals surface area contributed by atoms with Gasteiger partial charge in [0.05, 0.1) is 0 Å². The first-order valence-electron chi connectivity index (χ1n) is 15.3. The Morgan fingerprint density at radius 3 is 2.30 bits per heavy atom. The zero-order chi connectivity index (χ0) is 31.6. The van der Waals surface area contributed by atoms with Gasteiger partial charge in [-0.1, -0.05) is 101 Å². The zero-order valence-electron chi connectivity index (χ0n) is 26.5. The van der Waals surface area contributed by atoms with E-state index in [1.54, 1.807) is 31.7 Å². The molecule has 0 saturated heterocycles. The molecule has 3 aromatic carbocycles. The highest BCUT2D eigenvalue weighted by molar-refractivity contribution is 6.00. The van der Waals surface area contributed by atoms with Gasteiger partial charge >= 0.3 is 6.09 Å². The summed E-state index contributed by atoms with van der Waals surface area (Å²) in [6.45, 7) is 15.4. The van der Waals surface area contributed by atoms with Crippen LogP contribution in [0.1, 0.15) is 84.4 Å². The summed E-state index contributed by atoms with van der Waals surface area (Å²) in [4.78, 5) is 43.1. The molecular weight excluding hydrogens is 538 g/mol. The van der Waals surface area contributed by atoms with E-state index >= 15 is 0 Å². The first-order chi connectivity index (χ1) is 20.4. The average molecular weight is 586 g/mol. The Balaban J connectivity index is 2.05. The molecule has 3 aromatic rings. The lowest BCUT2D eigenvalue weighted by atomic mass is 9.97. The Hall–Kier alpha value is -4.13. The number of ether oxygens (including phenoxy) is 1. The summed E-state index contributed by atoms with van der Waals surface area (Å²) in [5.74, 6) is -0.915. The predicted octanol–water partition coefficient (Wildman–Crippen LogP) is 8.12. The van der Waals surface area contributed by atoms with Gasteiger partial charge in [-0.25, -0.2) is 4.79 Å². The molecule has 0 fully saturated rings. The number of nitrogens with zero attached hydrogens (tertiary/aromatic N) is 1. The molecule has 0 aliphatic rings. The van der Waals surface area contributed by atoms with Crippen LogP contribution >= 0.6 is 0 Å². The topological polar surface area (TPSA) is 87.7 Å². The molecule has 2 atom stereocenters. The van der Waals surface area contributed by atoms with Gasteiger partial charge in [0.25, 0.3) is 5.91 Å². The van der Waals surface area contributed by atoms with Crippen molar-refractivity contribution in [3.05, 3.63) is 84.4 Å². The number of alkyl carbamates (subject to hydrolysis) is 1. The summed E-state index contributed by atoms with van der Waals surface area (Å²) in [5, 5.41) is 7.93. The van der Waals surface area contributed by atoms with E-state index in [2.05, 4.69) is 24.1 Å². The molecule has 0 radical (unpaired) electrons. The number of fused-ring (bicyclic) bond motifs is 1. The smallest absolute Gasteiger partial charge is 0.408 e. The molecule has 0 saturated carbocycles. The Bertz CT molecular complexity index is 1410. The van der Waals surface area contributed by atoms with Gasteiger partial charge in [-0.15, -0.1) is 0 Å². The van der Waals surface area contributed by atoms with Gasteiger partial charge in [0.1, 0.15) is 17.7 Å². The van der Waals surface area contributed by atoms with Crippen LogP contribution in [-0.2, 0) is 14.3 Å². The highest BCUT2D eigenvalue weighted by atomic mass is 16.6. The molecule has 0 aliphatic carbocycles. The molecule has 2 N–H and O–H groups in total. The fraction of sp³-hybridized carbons (Fsp3) is 0.417. The van der Waals surface area contributed by atoms with E-state index in [-0.39, 0.29) is 17.7 Å². The summed E-state index contributed by atoms with van der Waals surface area (Å²) >= 11 is 0. The minimum Gasteiger partial charge on any atom is -0.444 e. The van der Waals surface area contributed by atoms with E-state index in [0.717, 1.165) is 42.0 Å². The Labute approximate surface area is 256 Å². The van der Waals surface area contributed by atoms with Crippen LogP contribution in [0.15, 0.2) is 73.3 Å². The zero-order valence-corrected chi connectivity index (χ0v) is 26.5. The lowest BCUT2D eigenvalue weighted by Crippen LogP contribution is -2.54. The number of anilines is 1. The third kappa shape index (κ3) is 9.70. The largest absolute Gasteiger partial charge is 0.444 e. The Morgan fingerprint density at radius 1 is 0.930 bits per heavy atom. The van der Waals surface area contributed by atoms with Crippen LogP contribution in [0.3, 0.4) is 0 Å². The van der Waals surface area contributed by atoms with Crippen molar-refractivity contribution in [2.75, 3.05) is 11.9 Å². The van der Waals surface area contributed by atoms with Gasteiger partial charge in [-0.2, -0.15) is 0 Å². The monoisotopic (exact) mass is 585 g/mol. The van der Waals surface area contributed by atoms with Crippen molar-refractivity contribution in [2.45, 2.75) is 84.9 Å². The molecule has 43 heavy (non-hydrogen) atoms. The molecule has 0 aromatic heterocycles. The molecule has 7 nitrogen and oxygen atoms in total.